The highest BCUT2D eigenvalue weighted by Crippen LogP contribution is 2.34. The number of H-pyrrole nitrogens is 1. The van der Waals surface area contributed by atoms with Crippen LogP contribution < -0.4 is 5.43 Å². The Morgan fingerprint density at radius 2 is 1.69 bits per heavy atom. The van der Waals surface area contributed by atoms with Gasteiger partial charge in [-0.2, -0.15) is 5.10 Å². The number of aromatic nitrogens is 1. The summed E-state index contributed by atoms with van der Waals surface area (Å²) in [5, 5.41) is 5.02. The Labute approximate surface area is 177 Å². The Hall–Kier alpha value is -3.44. The van der Waals surface area contributed by atoms with Crippen molar-refractivity contribution in [2.45, 2.75) is 0 Å². The van der Waals surface area contributed by atoms with E-state index in [9.17, 15) is 4.79 Å². The van der Waals surface area contributed by atoms with E-state index in [4.69, 9.17) is 0 Å². The maximum atomic E-state index is 12.8. The van der Waals surface area contributed by atoms with E-state index in [1.807, 2.05) is 84.9 Å². The summed E-state index contributed by atoms with van der Waals surface area (Å²) in [7, 11) is 0. The maximum Gasteiger partial charge on any atom is 0.288 e. The molecule has 0 bridgehead atoms. The molecular weight excluding hydrogens is 426 g/mol. The molecule has 0 spiro atoms. The van der Waals surface area contributed by atoms with Crippen LogP contribution in [0.1, 0.15) is 16.1 Å². The van der Waals surface area contributed by atoms with Crippen LogP contribution >= 0.6 is 15.9 Å². The number of hydrogen-bond donors (Lipinski definition) is 2. The zero-order valence-electron chi connectivity index (χ0n) is 15.5. The lowest BCUT2D eigenvalue weighted by atomic mass is 10.0. The quantitative estimate of drug-likeness (QED) is 0.287. The van der Waals surface area contributed by atoms with Gasteiger partial charge in [0.05, 0.1) is 0 Å². The number of nitrogens with one attached hydrogen (secondary N) is 2. The van der Waals surface area contributed by atoms with Gasteiger partial charge in [0.15, 0.2) is 0 Å². The van der Waals surface area contributed by atoms with Gasteiger partial charge in [0, 0.05) is 27.2 Å². The fourth-order valence-electron chi connectivity index (χ4n) is 3.15. The molecule has 0 saturated heterocycles. The summed E-state index contributed by atoms with van der Waals surface area (Å²) in [6, 6.07) is 25.7. The number of benzene rings is 3. The van der Waals surface area contributed by atoms with E-state index in [1.54, 1.807) is 12.3 Å². The van der Waals surface area contributed by atoms with Crippen LogP contribution in [0.5, 0.6) is 0 Å². The average Bonchev–Trinajstić information content (AvgIpc) is 3.13. The molecular formula is C24H18BrN3O. The van der Waals surface area contributed by atoms with Crippen LogP contribution in [0.15, 0.2) is 94.5 Å². The summed E-state index contributed by atoms with van der Waals surface area (Å²) in [4.78, 5) is 16.1. The van der Waals surface area contributed by atoms with E-state index >= 15 is 0 Å². The summed E-state index contributed by atoms with van der Waals surface area (Å²) in [6.07, 6.45) is 5.27. The van der Waals surface area contributed by atoms with E-state index in [0.717, 1.165) is 32.1 Å². The molecule has 0 aliphatic rings. The Balaban J connectivity index is 1.60. The van der Waals surface area contributed by atoms with Gasteiger partial charge < -0.3 is 4.98 Å². The molecule has 0 atom stereocenters. The topological polar surface area (TPSA) is 57.2 Å². The maximum absolute atomic E-state index is 12.8. The Morgan fingerprint density at radius 3 is 2.45 bits per heavy atom. The van der Waals surface area contributed by atoms with E-state index in [-0.39, 0.29) is 5.91 Å². The zero-order chi connectivity index (χ0) is 20.1. The number of hydrazone groups is 1. The minimum atomic E-state index is -0.291. The molecule has 4 aromatic rings. The third-order valence-corrected chi connectivity index (χ3v) is 4.96. The van der Waals surface area contributed by atoms with Crippen LogP contribution in [0, 0.1) is 0 Å². The molecule has 29 heavy (non-hydrogen) atoms. The minimum Gasteiger partial charge on any atom is -0.350 e. The second-order valence-corrected chi connectivity index (χ2v) is 7.34. The monoisotopic (exact) mass is 443 g/mol. The van der Waals surface area contributed by atoms with Crippen LogP contribution in [0.3, 0.4) is 0 Å². The number of halogens is 1. The van der Waals surface area contributed by atoms with Gasteiger partial charge in [0.25, 0.3) is 5.91 Å². The highest BCUT2D eigenvalue weighted by Gasteiger charge is 2.19. The van der Waals surface area contributed by atoms with E-state index < -0.39 is 0 Å². The Kier molecular flexibility index (Phi) is 5.68. The number of allylic oxidation sites excluding steroid dienone is 1. The Morgan fingerprint density at radius 1 is 0.966 bits per heavy atom. The lowest BCUT2D eigenvalue weighted by Gasteiger charge is -2.04. The molecule has 3 aromatic carbocycles. The predicted molar refractivity (Wildman–Crippen MR) is 123 cm³/mol. The largest absolute Gasteiger partial charge is 0.350 e. The summed E-state index contributed by atoms with van der Waals surface area (Å²) >= 11 is 3.52. The first-order chi connectivity index (χ1) is 14.2. The van der Waals surface area contributed by atoms with Crippen LogP contribution in [0.4, 0.5) is 0 Å². The molecule has 1 amide bonds. The van der Waals surface area contributed by atoms with E-state index in [1.165, 1.54) is 0 Å². The third-order valence-electron chi connectivity index (χ3n) is 4.47. The lowest BCUT2D eigenvalue weighted by Crippen LogP contribution is -2.18. The van der Waals surface area contributed by atoms with Crippen LogP contribution in [-0.2, 0) is 0 Å². The summed E-state index contributed by atoms with van der Waals surface area (Å²) < 4.78 is 0.956. The van der Waals surface area contributed by atoms with Gasteiger partial charge in [-0.1, -0.05) is 82.7 Å². The van der Waals surface area contributed by atoms with Crippen molar-refractivity contribution in [3.63, 3.8) is 0 Å². The van der Waals surface area contributed by atoms with Crippen molar-refractivity contribution < 1.29 is 4.79 Å². The normalized spacial score (nSPS) is 11.5. The lowest BCUT2D eigenvalue weighted by molar-refractivity contribution is 0.0951. The number of fused-ring (bicyclic) bond motifs is 1. The second kappa shape index (κ2) is 8.71. The van der Waals surface area contributed by atoms with Crippen LogP contribution in [0.2, 0.25) is 0 Å². The smallest absolute Gasteiger partial charge is 0.288 e. The van der Waals surface area contributed by atoms with Crippen molar-refractivity contribution >= 4 is 45.0 Å². The molecule has 4 rings (SSSR count). The van der Waals surface area contributed by atoms with Crippen molar-refractivity contribution in [1.82, 2.24) is 10.4 Å². The Bertz CT molecular complexity index is 1200. The number of carbonyl (C=O) groups is 1. The number of aromatic amines is 1. The van der Waals surface area contributed by atoms with Gasteiger partial charge in [-0.15, -0.1) is 0 Å². The standard InChI is InChI=1S/C24H18BrN3O/c25-19-13-14-21-20(16-19)22(18-11-5-2-6-12-18)23(27-21)24(29)28-26-15-7-10-17-8-3-1-4-9-17/h1-16,27H,(H,28,29)/b10-7+,26-15-. The summed E-state index contributed by atoms with van der Waals surface area (Å²) in [5.74, 6) is -0.291. The SMILES string of the molecule is O=C(N/N=C\C=C\c1ccccc1)c1[nH]c2ccc(Br)cc2c1-c1ccccc1. The molecule has 0 radical (unpaired) electrons. The molecule has 142 valence electrons. The second-order valence-electron chi connectivity index (χ2n) is 6.42. The van der Waals surface area contributed by atoms with E-state index in [2.05, 4.69) is 31.4 Å². The number of rotatable bonds is 5. The third kappa shape index (κ3) is 4.36. The van der Waals surface area contributed by atoms with Crippen molar-refractivity contribution in [3.05, 3.63) is 101 Å². The number of nitrogens with zero attached hydrogens (tertiary/aromatic N) is 1. The van der Waals surface area contributed by atoms with Gasteiger partial charge in [0.2, 0.25) is 0 Å². The van der Waals surface area contributed by atoms with Crippen molar-refractivity contribution in [2.24, 2.45) is 5.10 Å². The summed E-state index contributed by atoms with van der Waals surface area (Å²) in [6.45, 7) is 0. The molecule has 0 fully saturated rings. The molecule has 0 aliphatic carbocycles. The number of hydrogen-bond acceptors (Lipinski definition) is 2. The van der Waals surface area contributed by atoms with Gasteiger partial charge in [0.1, 0.15) is 5.69 Å². The first-order valence-corrected chi connectivity index (χ1v) is 9.93. The number of amides is 1. The average molecular weight is 444 g/mol. The highest BCUT2D eigenvalue weighted by atomic mass is 79.9. The van der Waals surface area contributed by atoms with Gasteiger partial charge in [-0.3, -0.25) is 4.79 Å². The molecule has 2 N–H and O–H groups in total. The van der Waals surface area contributed by atoms with Crippen molar-refractivity contribution in [2.75, 3.05) is 0 Å². The van der Waals surface area contributed by atoms with Crippen LogP contribution in [-0.4, -0.2) is 17.1 Å². The molecule has 0 saturated carbocycles. The number of carbonyl (C=O) groups excluding carboxylic acids is 1. The van der Waals surface area contributed by atoms with E-state index in [0.29, 0.717) is 5.69 Å². The minimum absolute atomic E-state index is 0.291. The molecule has 1 aromatic heterocycles. The molecule has 4 nitrogen and oxygen atoms in total. The zero-order valence-corrected chi connectivity index (χ0v) is 17.1. The molecule has 0 unspecified atom stereocenters. The predicted octanol–water partition coefficient (Wildman–Crippen LogP) is 6.03. The van der Waals surface area contributed by atoms with Gasteiger partial charge >= 0.3 is 0 Å². The first-order valence-electron chi connectivity index (χ1n) is 9.14. The highest BCUT2D eigenvalue weighted by molar-refractivity contribution is 9.10. The van der Waals surface area contributed by atoms with Gasteiger partial charge in [-0.25, -0.2) is 5.43 Å². The molecule has 1 heterocycles. The van der Waals surface area contributed by atoms with Gasteiger partial charge in [-0.05, 0) is 35.4 Å². The summed E-state index contributed by atoms with van der Waals surface area (Å²) in [5.41, 5.74) is 6.87. The molecule has 5 heteroatoms. The fourth-order valence-corrected chi connectivity index (χ4v) is 3.51. The first kappa shape index (κ1) is 18.9. The molecule has 0 aliphatic heterocycles. The fraction of sp³-hybridized carbons (Fsp3) is 0. The van der Waals surface area contributed by atoms with Crippen molar-refractivity contribution in [1.29, 1.82) is 0 Å². The van der Waals surface area contributed by atoms with Crippen LogP contribution in [0.25, 0.3) is 28.1 Å². The van der Waals surface area contributed by atoms with Crippen molar-refractivity contribution in [3.8, 4) is 11.1 Å².